The standard InChI is InChI=1S/C20H29ClN4O2/c1-14(19(26)24-17-7-2-6-16(21)11-17)25-10-4-5-15(13-25)12-23-20(27)18-8-3-9-22-18/h2,6-7,11,14-15,18,22H,3-5,8-10,12-13H2,1H3,(H,23,27)(H,24,26). The number of nitrogens with one attached hydrogen (secondary N) is 3. The van der Waals surface area contributed by atoms with Crippen LogP contribution in [-0.4, -0.2) is 55.0 Å². The molecule has 3 atom stereocenters. The van der Waals surface area contributed by atoms with Gasteiger partial charge < -0.3 is 16.0 Å². The number of benzene rings is 1. The van der Waals surface area contributed by atoms with Gasteiger partial charge in [0.15, 0.2) is 0 Å². The van der Waals surface area contributed by atoms with Crippen LogP contribution in [-0.2, 0) is 9.59 Å². The molecule has 1 aromatic rings. The number of carbonyl (C=O) groups is 2. The number of hydrogen-bond donors (Lipinski definition) is 3. The zero-order valence-electron chi connectivity index (χ0n) is 15.8. The van der Waals surface area contributed by atoms with Crippen molar-refractivity contribution >= 4 is 29.1 Å². The number of carbonyl (C=O) groups excluding carboxylic acids is 2. The molecule has 148 valence electrons. The molecule has 27 heavy (non-hydrogen) atoms. The molecule has 0 aliphatic carbocycles. The summed E-state index contributed by atoms with van der Waals surface area (Å²) in [5.41, 5.74) is 0.712. The van der Waals surface area contributed by atoms with Gasteiger partial charge in [-0.05, 0) is 69.8 Å². The van der Waals surface area contributed by atoms with Crippen molar-refractivity contribution in [1.29, 1.82) is 0 Å². The number of rotatable bonds is 6. The Balaban J connectivity index is 1.47. The van der Waals surface area contributed by atoms with Crippen LogP contribution in [0.4, 0.5) is 5.69 Å². The molecule has 6 nitrogen and oxygen atoms in total. The topological polar surface area (TPSA) is 73.5 Å². The van der Waals surface area contributed by atoms with Gasteiger partial charge >= 0.3 is 0 Å². The lowest BCUT2D eigenvalue weighted by molar-refractivity contribution is -0.124. The number of hydrogen-bond acceptors (Lipinski definition) is 4. The van der Waals surface area contributed by atoms with Gasteiger partial charge in [-0.2, -0.15) is 0 Å². The minimum Gasteiger partial charge on any atom is -0.354 e. The van der Waals surface area contributed by atoms with Gasteiger partial charge in [-0.15, -0.1) is 0 Å². The zero-order valence-corrected chi connectivity index (χ0v) is 16.6. The van der Waals surface area contributed by atoms with Crippen LogP contribution < -0.4 is 16.0 Å². The summed E-state index contributed by atoms with van der Waals surface area (Å²) in [5, 5.41) is 9.86. The maximum absolute atomic E-state index is 12.6. The van der Waals surface area contributed by atoms with E-state index in [0.717, 1.165) is 45.3 Å². The fourth-order valence-corrected chi connectivity index (χ4v) is 4.06. The molecular formula is C20H29ClN4O2. The van der Waals surface area contributed by atoms with Crippen molar-refractivity contribution in [2.75, 3.05) is 31.5 Å². The Bertz CT molecular complexity index is 663. The third kappa shape index (κ3) is 5.67. The first-order valence-corrected chi connectivity index (χ1v) is 10.2. The number of amides is 2. The lowest BCUT2D eigenvalue weighted by Gasteiger charge is -2.36. The Labute approximate surface area is 166 Å². The summed E-state index contributed by atoms with van der Waals surface area (Å²) < 4.78 is 0. The van der Waals surface area contributed by atoms with Crippen molar-refractivity contribution in [3.05, 3.63) is 29.3 Å². The highest BCUT2D eigenvalue weighted by molar-refractivity contribution is 6.30. The predicted octanol–water partition coefficient (Wildman–Crippen LogP) is 2.25. The van der Waals surface area contributed by atoms with Gasteiger partial charge in [0, 0.05) is 23.8 Å². The Kier molecular flexibility index (Phi) is 7.10. The van der Waals surface area contributed by atoms with Crippen LogP contribution in [0.3, 0.4) is 0 Å². The van der Waals surface area contributed by atoms with Gasteiger partial charge in [-0.1, -0.05) is 17.7 Å². The molecule has 2 heterocycles. The van der Waals surface area contributed by atoms with Crippen LogP contribution in [0.2, 0.25) is 5.02 Å². The van der Waals surface area contributed by atoms with E-state index < -0.39 is 0 Å². The zero-order chi connectivity index (χ0) is 19.2. The molecule has 3 rings (SSSR count). The molecule has 0 radical (unpaired) electrons. The maximum Gasteiger partial charge on any atom is 0.241 e. The van der Waals surface area contributed by atoms with Crippen LogP contribution in [0.15, 0.2) is 24.3 Å². The minimum absolute atomic E-state index is 0.0305. The Morgan fingerprint density at radius 2 is 2.19 bits per heavy atom. The van der Waals surface area contributed by atoms with Crippen LogP contribution >= 0.6 is 11.6 Å². The highest BCUT2D eigenvalue weighted by atomic mass is 35.5. The van der Waals surface area contributed by atoms with E-state index in [9.17, 15) is 9.59 Å². The summed E-state index contributed by atoms with van der Waals surface area (Å²) in [6.45, 7) is 5.26. The van der Waals surface area contributed by atoms with E-state index in [1.165, 1.54) is 0 Å². The van der Waals surface area contributed by atoms with Gasteiger partial charge in [0.25, 0.3) is 0 Å². The maximum atomic E-state index is 12.6. The van der Waals surface area contributed by atoms with E-state index in [0.29, 0.717) is 23.2 Å². The number of halogens is 1. The summed E-state index contributed by atoms with van der Waals surface area (Å²) in [6, 6.07) is 6.93. The molecule has 1 aromatic carbocycles. The third-order valence-corrected chi connectivity index (χ3v) is 5.75. The number of nitrogens with zero attached hydrogens (tertiary/aromatic N) is 1. The normalized spacial score (nSPS) is 24.4. The van der Waals surface area contributed by atoms with E-state index in [1.807, 2.05) is 19.1 Å². The van der Waals surface area contributed by atoms with Gasteiger partial charge in [0.2, 0.25) is 11.8 Å². The molecule has 2 aliphatic rings. The molecule has 2 amide bonds. The molecule has 2 fully saturated rings. The number of piperidine rings is 1. The minimum atomic E-state index is -0.223. The first kappa shape index (κ1) is 20.1. The molecule has 0 bridgehead atoms. The van der Waals surface area contributed by atoms with Crippen LogP contribution in [0.1, 0.15) is 32.6 Å². The van der Waals surface area contributed by atoms with E-state index in [2.05, 4.69) is 20.9 Å². The van der Waals surface area contributed by atoms with Gasteiger partial charge in [0.1, 0.15) is 0 Å². The average molecular weight is 393 g/mol. The summed E-state index contributed by atoms with van der Waals surface area (Å²) in [5.74, 6) is 0.457. The molecule has 0 saturated carbocycles. The summed E-state index contributed by atoms with van der Waals surface area (Å²) in [4.78, 5) is 27.0. The van der Waals surface area contributed by atoms with Crippen molar-refractivity contribution < 1.29 is 9.59 Å². The Morgan fingerprint density at radius 1 is 1.33 bits per heavy atom. The molecule has 3 unspecified atom stereocenters. The molecule has 0 spiro atoms. The van der Waals surface area contributed by atoms with Crippen molar-refractivity contribution in [1.82, 2.24) is 15.5 Å². The predicted molar refractivity (Wildman–Crippen MR) is 108 cm³/mol. The van der Waals surface area contributed by atoms with Gasteiger partial charge in [-0.25, -0.2) is 0 Å². The van der Waals surface area contributed by atoms with Crippen molar-refractivity contribution in [3.63, 3.8) is 0 Å². The Hall–Kier alpha value is -1.63. The monoisotopic (exact) mass is 392 g/mol. The van der Waals surface area contributed by atoms with Crippen molar-refractivity contribution in [2.45, 2.75) is 44.7 Å². The number of likely N-dealkylation sites (tertiary alicyclic amines) is 1. The van der Waals surface area contributed by atoms with Crippen molar-refractivity contribution in [3.8, 4) is 0 Å². The summed E-state index contributed by atoms with van der Waals surface area (Å²) in [6.07, 6.45) is 4.10. The third-order valence-electron chi connectivity index (χ3n) is 5.51. The lowest BCUT2D eigenvalue weighted by Crippen LogP contribution is -2.50. The molecule has 3 N–H and O–H groups in total. The summed E-state index contributed by atoms with van der Waals surface area (Å²) in [7, 11) is 0. The second-order valence-corrected chi connectivity index (χ2v) is 8.01. The lowest BCUT2D eigenvalue weighted by atomic mass is 9.96. The molecule has 0 aromatic heterocycles. The highest BCUT2D eigenvalue weighted by Gasteiger charge is 2.28. The van der Waals surface area contributed by atoms with Crippen LogP contribution in [0.25, 0.3) is 0 Å². The average Bonchev–Trinajstić information content (AvgIpc) is 3.20. The van der Waals surface area contributed by atoms with E-state index >= 15 is 0 Å². The van der Waals surface area contributed by atoms with Crippen LogP contribution in [0.5, 0.6) is 0 Å². The fraction of sp³-hybridized carbons (Fsp3) is 0.600. The molecule has 2 saturated heterocycles. The molecule has 7 heteroatoms. The second-order valence-electron chi connectivity index (χ2n) is 7.57. The quantitative estimate of drug-likeness (QED) is 0.694. The van der Waals surface area contributed by atoms with E-state index in [-0.39, 0.29) is 23.9 Å². The second kappa shape index (κ2) is 9.53. The van der Waals surface area contributed by atoms with Gasteiger partial charge in [0.05, 0.1) is 12.1 Å². The molecular weight excluding hydrogens is 364 g/mol. The highest BCUT2D eigenvalue weighted by Crippen LogP contribution is 2.20. The van der Waals surface area contributed by atoms with Crippen LogP contribution in [0, 0.1) is 5.92 Å². The van der Waals surface area contributed by atoms with Gasteiger partial charge in [-0.3, -0.25) is 14.5 Å². The molecule has 2 aliphatic heterocycles. The van der Waals surface area contributed by atoms with E-state index in [1.54, 1.807) is 12.1 Å². The fourth-order valence-electron chi connectivity index (χ4n) is 3.87. The largest absolute Gasteiger partial charge is 0.354 e. The first-order chi connectivity index (χ1) is 13.0. The van der Waals surface area contributed by atoms with Crippen molar-refractivity contribution in [2.24, 2.45) is 5.92 Å². The number of anilines is 1. The Morgan fingerprint density at radius 3 is 2.93 bits per heavy atom. The summed E-state index contributed by atoms with van der Waals surface area (Å²) >= 11 is 5.98. The SMILES string of the molecule is CC(C(=O)Nc1cccc(Cl)c1)N1CCCC(CNC(=O)C2CCCN2)C1. The van der Waals surface area contributed by atoms with E-state index in [4.69, 9.17) is 11.6 Å². The smallest absolute Gasteiger partial charge is 0.241 e. The first-order valence-electron chi connectivity index (χ1n) is 9.84.